The number of rotatable bonds is 7. The Morgan fingerprint density at radius 2 is 1.90 bits per heavy atom. The number of benzene rings is 1. The van der Waals surface area contributed by atoms with Crippen molar-refractivity contribution in [1.82, 2.24) is 14.7 Å². The van der Waals surface area contributed by atoms with Gasteiger partial charge in [0.15, 0.2) is 0 Å². The van der Waals surface area contributed by atoms with Crippen LogP contribution in [0.1, 0.15) is 48.0 Å². The van der Waals surface area contributed by atoms with Crippen LogP contribution in [-0.2, 0) is 11.8 Å². The summed E-state index contributed by atoms with van der Waals surface area (Å²) in [5.74, 6) is 0.826. The van der Waals surface area contributed by atoms with Gasteiger partial charge in [-0.3, -0.25) is 4.68 Å². The van der Waals surface area contributed by atoms with Crippen LogP contribution in [0.15, 0.2) is 24.3 Å². The number of hydrogen-bond donors (Lipinski definition) is 1. The van der Waals surface area contributed by atoms with Crippen LogP contribution in [-0.4, -0.2) is 46.0 Å². The predicted octanol–water partition coefficient (Wildman–Crippen LogP) is 6.48. The van der Waals surface area contributed by atoms with E-state index in [2.05, 4.69) is 10.4 Å². The van der Waals surface area contributed by atoms with Gasteiger partial charge in [-0.2, -0.15) is 5.10 Å². The first-order chi connectivity index (χ1) is 14.1. The van der Waals surface area contributed by atoms with Gasteiger partial charge in [0.05, 0.1) is 15.7 Å². The lowest BCUT2D eigenvalue weighted by molar-refractivity contribution is 0.0257. The summed E-state index contributed by atoms with van der Waals surface area (Å²) in [6, 6.07) is 7.38. The number of halogens is 2. The maximum atomic E-state index is 12.3. The van der Waals surface area contributed by atoms with Gasteiger partial charge >= 0.3 is 6.09 Å². The van der Waals surface area contributed by atoms with E-state index in [0.29, 0.717) is 29.7 Å². The fourth-order valence-electron chi connectivity index (χ4n) is 2.68. The minimum absolute atomic E-state index is 0.299. The Hall–Kier alpha value is -1.92. The number of carbonyl (C=O) groups is 1. The molecule has 0 saturated heterocycles. The SMILES string of the molecule is CC.CCCN(CCNc1cc(-c2cccc(Cl)c2Cl)nn1C)C(=O)OC(C)(C)C. The zero-order chi connectivity index (χ0) is 22.9. The Morgan fingerprint density at radius 3 is 2.50 bits per heavy atom. The Balaban J connectivity index is 0.00000218. The lowest BCUT2D eigenvalue weighted by atomic mass is 10.1. The van der Waals surface area contributed by atoms with Crippen molar-refractivity contribution in [3.63, 3.8) is 0 Å². The summed E-state index contributed by atoms with van der Waals surface area (Å²) < 4.78 is 7.22. The molecule has 1 N–H and O–H groups in total. The molecular formula is C22H34Cl2N4O2. The molecule has 0 radical (unpaired) electrons. The molecular weight excluding hydrogens is 423 g/mol. The first-order valence-corrected chi connectivity index (χ1v) is 11.1. The average molecular weight is 457 g/mol. The maximum Gasteiger partial charge on any atom is 0.410 e. The van der Waals surface area contributed by atoms with E-state index in [1.54, 1.807) is 15.6 Å². The summed E-state index contributed by atoms with van der Waals surface area (Å²) in [7, 11) is 1.85. The van der Waals surface area contributed by atoms with Crippen LogP contribution >= 0.6 is 23.2 Å². The van der Waals surface area contributed by atoms with Crippen molar-refractivity contribution in [2.45, 2.75) is 53.6 Å². The van der Waals surface area contributed by atoms with Crippen molar-refractivity contribution in [1.29, 1.82) is 0 Å². The summed E-state index contributed by atoms with van der Waals surface area (Å²) in [4.78, 5) is 14.1. The van der Waals surface area contributed by atoms with Gasteiger partial charge in [-0.1, -0.05) is 56.1 Å². The third-order valence-electron chi connectivity index (χ3n) is 3.94. The first kappa shape index (κ1) is 26.1. The van der Waals surface area contributed by atoms with E-state index in [4.69, 9.17) is 27.9 Å². The second-order valence-corrected chi connectivity index (χ2v) is 8.32. The fourth-order valence-corrected chi connectivity index (χ4v) is 3.07. The number of carbonyl (C=O) groups excluding carboxylic acids is 1. The number of amides is 1. The van der Waals surface area contributed by atoms with Crippen LogP contribution < -0.4 is 5.32 Å². The zero-order valence-corrected chi connectivity index (χ0v) is 20.6. The molecule has 1 heterocycles. The van der Waals surface area contributed by atoms with Crippen molar-refractivity contribution in [3.8, 4) is 11.3 Å². The molecule has 0 atom stereocenters. The first-order valence-electron chi connectivity index (χ1n) is 10.3. The number of anilines is 1. The summed E-state index contributed by atoms with van der Waals surface area (Å²) in [5.41, 5.74) is 0.998. The minimum Gasteiger partial charge on any atom is -0.444 e. The number of nitrogens with zero attached hydrogens (tertiary/aromatic N) is 3. The topological polar surface area (TPSA) is 59.4 Å². The molecule has 30 heavy (non-hydrogen) atoms. The lowest BCUT2D eigenvalue weighted by Gasteiger charge is -2.27. The van der Waals surface area contributed by atoms with Crippen molar-refractivity contribution in [3.05, 3.63) is 34.3 Å². The van der Waals surface area contributed by atoms with Gasteiger partial charge in [0.25, 0.3) is 0 Å². The quantitative estimate of drug-likeness (QED) is 0.517. The summed E-state index contributed by atoms with van der Waals surface area (Å²) in [5, 5.41) is 8.80. The highest BCUT2D eigenvalue weighted by Gasteiger charge is 2.21. The maximum absolute atomic E-state index is 12.3. The average Bonchev–Trinajstić information content (AvgIpc) is 3.04. The van der Waals surface area contributed by atoms with Gasteiger partial charge in [0, 0.05) is 38.3 Å². The minimum atomic E-state index is -0.510. The predicted molar refractivity (Wildman–Crippen MR) is 127 cm³/mol. The van der Waals surface area contributed by atoms with Crippen LogP contribution in [0.25, 0.3) is 11.3 Å². The van der Waals surface area contributed by atoms with Crippen LogP contribution in [0, 0.1) is 0 Å². The van der Waals surface area contributed by atoms with Crippen LogP contribution in [0.2, 0.25) is 10.0 Å². The number of ether oxygens (including phenoxy) is 1. The largest absolute Gasteiger partial charge is 0.444 e. The van der Waals surface area contributed by atoms with Crippen LogP contribution in [0.5, 0.6) is 0 Å². The molecule has 0 aliphatic carbocycles. The molecule has 8 heteroatoms. The number of aryl methyl sites for hydroxylation is 1. The van der Waals surface area contributed by atoms with E-state index in [1.807, 2.05) is 66.8 Å². The summed E-state index contributed by atoms with van der Waals surface area (Å²) in [6.45, 7) is 13.4. The molecule has 1 amide bonds. The monoisotopic (exact) mass is 456 g/mol. The molecule has 0 fully saturated rings. The fraction of sp³-hybridized carbons (Fsp3) is 0.545. The number of hydrogen-bond acceptors (Lipinski definition) is 4. The lowest BCUT2D eigenvalue weighted by Crippen LogP contribution is -2.39. The smallest absolute Gasteiger partial charge is 0.410 e. The van der Waals surface area contributed by atoms with Crippen molar-refractivity contribution < 1.29 is 9.53 Å². The third-order valence-corrected chi connectivity index (χ3v) is 4.76. The molecule has 168 valence electrons. The van der Waals surface area contributed by atoms with Gasteiger partial charge in [0.1, 0.15) is 11.4 Å². The molecule has 0 unspecified atom stereocenters. The van der Waals surface area contributed by atoms with Crippen LogP contribution in [0.4, 0.5) is 10.6 Å². The molecule has 2 rings (SSSR count). The molecule has 6 nitrogen and oxygen atoms in total. The van der Waals surface area contributed by atoms with Crippen LogP contribution in [0.3, 0.4) is 0 Å². The van der Waals surface area contributed by atoms with Crippen molar-refractivity contribution in [2.24, 2.45) is 7.05 Å². The van der Waals surface area contributed by atoms with E-state index in [9.17, 15) is 4.79 Å². The Kier molecular flexibility index (Phi) is 10.5. The van der Waals surface area contributed by atoms with E-state index in [0.717, 1.165) is 23.5 Å². The Labute approximate surface area is 190 Å². The molecule has 1 aromatic carbocycles. The third kappa shape index (κ3) is 7.73. The zero-order valence-electron chi connectivity index (χ0n) is 19.1. The highest BCUT2D eigenvalue weighted by molar-refractivity contribution is 6.43. The molecule has 0 aliphatic heterocycles. The summed E-state index contributed by atoms with van der Waals surface area (Å²) >= 11 is 12.4. The molecule has 0 aliphatic rings. The number of nitrogens with one attached hydrogen (secondary N) is 1. The Bertz CT molecular complexity index is 816. The molecule has 1 aromatic heterocycles. The van der Waals surface area contributed by atoms with E-state index in [1.165, 1.54) is 0 Å². The second-order valence-electron chi connectivity index (χ2n) is 7.53. The van der Waals surface area contributed by atoms with Gasteiger partial charge in [-0.25, -0.2) is 4.79 Å². The van der Waals surface area contributed by atoms with E-state index in [-0.39, 0.29) is 6.09 Å². The molecule has 0 bridgehead atoms. The molecule has 0 saturated carbocycles. The van der Waals surface area contributed by atoms with Gasteiger partial charge in [-0.15, -0.1) is 0 Å². The normalized spacial score (nSPS) is 10.8. The number of aromatic nitrogens is 2. The molecule has 2 aromatic rings. The standard InChI is InChI=1S/C20H28Cl2N4O2.C2H6/c1-6-11-26(19(27)28-20(2,3)4)12-10-23-17-13-16(24-25(17)5)14-8-7-9-15(21)18(14)22;1-2/h7-9,13,23H,6,10-12H2,1-5H3;1-2H3. The Morgan fingerprint density at radius 1 is 1.23 bits per heavy atom. The van der Waals surface area contributed by atoms with Crippen molar-refractivity contribution in [2.75, 3.05) is 25.0 Å². The van der Waals surface area contributed by atoms with E-state index >= 15 is 0 Å². The van der Waals surface area contributed by atoms with Crippen molar-refractivity contribution >= 4 is 35.1 Å². The highest BCUT2D eigenvalue weighted by atomic mass is 35.5. The van der Waals surface area contributed by atoms with Gasteiger partial charge in [-0.05, 0) is 33.3 Å². The molecule has 0 spiro atoms. The summed E-state index contributed by atoms with van der Waals surface area (Å²) in [6.07, 6.45) is 0.565. The highest BCUT2D eigenvalue weighted by Crippen LogP contribution is 2.33. The van der Waals surface area contributed by atoms with Gasteiger partial charge in [0.2, 0.25) is 0 Å². The second kappa shape index (κ2) is 12.1. The van der Waals surface area contributed by atoms with E-state index < -0.39 is 5.60 Å². The van der Waals surface area contributed by atoms with Gasteiger partial charge < -0.3 is 15.0 Å².